The minimum Gasteiger partial charge on any atom is -0.478 e. The molecule has 17 heavy (non-hydrogen) atoms. The standard InChI is InChI=1S/C14H15NO2/c1-3-8-13(12(4-2)14(16)17)15-11-9-6-5-7-10-11/h3-10,15H,1H2,2H3,(H,16,17)/b12-4+,13-8+. The number of hydrogen-bond acceptors (Lipinski definition) is 2. The van der Waals surface area contributed by atoms with Crippen molar-refractivity contribution < 1.29 is 9.90 Å². The number of carboxylic acid groups (broad SMARTS) is 1. The van der Waals surface area contributed by atoms with E-state index in [2.05, 4.69) is 11.9 Å². The Labute approximate surface area is 101 Å². The summed E-state index contributed by atoms with van der Waals surface area (Å²) in [5, 5.41) is 12.1. The first kappa shape index (κ1) is 12.8. The van der Waals surface area contributed by atoms with Crippen LogP contribution in [-0.4, -0.2) is 11.1 Å². The molecule has 3 nitrogen and oxygen atoms in total. The number of rotatable bonds is 5. The molecule has 2 N–H and O–H groups in total. The minimum absolute atomic E-state index is 0.216. The number of anilines is 1. The van der Waals surface area contributed by atoms with Crippen LogP contribution < -0.4 is 5.32 Å². The zero-order valence-electron chi connectivity index (χ0n) is 9.68. The van der Waals surface area contributed by atoms with Gasteiger partial charge < -0.3 is 10.4 Å². The molecule has 0 amide bonds. The Morgan fingerprint density at radius 1 is 1.35 bits per heavy atom. The zero-order valence-corrected chi connectivity index (χ0v) is 9.68. The normalized spacial score (nSPS) is 12.1. The Kier molecular flexibility index (Phi) is 4.76. The van der Waals surface area contributed by atoms with Crippen molar-refractivity contribution in [2.45, 2.75) is 6.92 Å². The summed E-state index contributed by atoms with van der Waals surface area (Å²) < 4.78 is 0. The number of aliphatic carboxylic acids is 1. The van der Waals surface area contributed by atoms with E-state index in [0.29, 0.717) is 5.70 Å². The summed E-state index contributed by atoms with van der Waals surface area (Å²) in [7, 11) is 0. The Balaban J connectivity index is 3.00. The molecule has 0 bridgehead atoms. The molecule has 1 rings (SSSR count). The van der Waals surface area contributed by atoms with Gasteiger partial charge in [0.1, 0.15) is 0 Å². The molecule has 0 saturated carbocycles. The highest BCUT2D eigenvalue weighted by Gasteiger charge is 2.11. The van der Waals surface area contributed by atoms with Crippen LogP contribution in [0.5, 0.6) is 0 Å². The van der Waals surface area contributed by atoms with Gasteiger partial charge in [-0.1, -0.05) is 36.9 Å². The van der Waals surface area contributed by atoms with Crippen LogP contribution in [0.1, 0.15) is 6.92 Å². The number of carboxylic acids is 1. The first-order valence-corrected chi connectivity index (χ1v) is 5.23. The van der Waals surface area contributed by atoms with E-state index in [9.17, 15) is 4.79 Å². The van der Waals surface area contributed by atoms with Crippen LogP contribution in [0.2, 0.25) is 0 Å². The molecule has 88 valence electrons. The summed E-state index contributed by atoms with van der Waals surface area (Å²) in [6, 6.07) is 9.39. The molecule has 1 aromatic rings. The van der Waals surface area contributed by atoms with Gasteiger partial charge in [0, 0.05) is 5.69 Å². The Hall–Kier alpha value is -2.29. The molecule has 0 fully saturated rings. The number of nitrogens with one attached hydrogen (secondary N) is 1. The van der Waals surface area contributed by atoms with E-state index in [0.717, 1.165) is 5.69 Å². The molecule has 0 saturated heterocycles. The van der Waals surface area contributed by atoms with Crippen LogP contribution >= 0.6 is 0 Å². The van der Waals surface area contributed by atoms with Gasteiger partial charge in [0.2, 0.25) is 0 Å². The van der Waals surface area contributed by atoms with Crippen LogP contribution in [0.4, 0.5) is 5.69 Å². The second-order valence-corrected chi connectivity index (χ2v) is 3.31. The zero-order chi connectivity index (χ0) is 12.7. The lowest BCUT2D eigenvalue weighted by Crippen LogP contribution is -2.10. The van der Waals surface area contributed by atoms with Crippen molar-refractivity contribution >= 4 is 11.7 Å². The largest absolute Gasteiger partial charge is 0.478 e. The molecule has 0 atom stereocenters. The van der Waals surface area contributed by atoms with Crippen molar-refractivity contribution in [3.63, 3.8) is 0 Å². The van der Waals surface area contributed by atoms with E-state index in [1.165, 1.54) is 0 Å². The smallest absolute Gasteiger partial charge is 0.337 e. The first-order valence-electron chi connectivity index (χ1n) is 5.23. The molecule has 1 aromatic carbocycles. The van der Waals surface area contributed by atoms with E-state index in [1.54, 1.807) is 25.2 Å². The van der Waals surface area contributed by atoms with Gasteiger partial charge in [-0.15, -0.1) is 0 Å². The molecule has 0 heterocycles. The van der Waals surface area contributed by atoms with Crippen LogP contribution in [0.3, 0.4) is 0 Å². The Bertz CT molecular complexity index is 458. The highest BCUT2D eigenvalue weighted by Crippen LogP contribution is 2.15. The predicted octanol–water partition coefficient (Wildman–Crippen LogP) is 3.20. The lowest BCUT2D eigenvalue weighted by Gasteiger charge is -2.11. The number of hydrogen-bond donors (Lipinski definition) is 2. The second kappa shape index (κ2) is 6.33. The third-order valence-electron chi connectivity index (χ3n) is 2.15. The average Bonchev–Trinajstić information content (AvgIpc) is 2.31. The lowest BCUT2D eigenvalue weighted by molar-refractivity contribution is -0.132. The van der Waals surface area contributed by atoms with E-state index < -0.39 is 5.97 Å². The Morgan fingerprint density at radius 3 is 2.47 bits per heavy atom. The van der Waals surface area contributed by atoms with Gasteiger partial charge in [0.15, 0.2) is 0 Å². The van der Waals surface area contributed by atoms with Gasteiger partial charge in [-0.05, 0) is 25.1 Å². The molecule has 0 spiro atoms. The molecule has 0 radical (unpaired) electrons. The number of carbonyl (C=O) groups is 1. The summed E-state index contributed by atoms with van der Waals surface area (Å²) in [6.45, 7) is 5.27. The van der Waals surface area contributed by atoms with Gasteiger partial charge >= 0.3 is 5.97 Å². The summed E-state index contributed by atoms with van der Waals surface area (Å²) in [4.78, 5) is 11.1. The Morgan fingerprint density at radius 2 is 2.00 bits per heavy atom. The van der Waals surface area contributed by atoms with E-state index in [1.807, 2.05) is 30.3 Å². The van der Waals surface area contributed by atoms with E-state index in [-0.39, 0.29) is 5.57 Å². The molecule has 0 aliphatic carbocycles. The van der Waals surface area contributed by atoms with E-state index in [4.69, 9.17) is 5.11 Å². The fourth-order valence-electron chi connectivity index (χ4n) is 1.39. The maximum absolute atomic E-state index is 11.1. The molecule has 0 unspecified atom stereocenters. The van der Waals surface area contributed by atoms with E-state index >= 15 is 0 Å². The van der Waals surface area contributed by atoms with Gasteiger partial charge in [-0.25, -0.2) is 4.79 Å². The van der Waals surface area contributed by atoms with Gasteiger partial charge in [-0.2, -0.15) is 0 Å². The average molecular weight is 229 g/mol. The highest BCUT2D eigenvalue weighted by atomic mass is 16.4. The maximum atomic E-state index is 11.1. The SMILES string of the molecule is C=C/C=C(Nc1ccccc1)\C(=C/C)C(=O)O. The van der Waals surface area contributed by atoms with Crippen molar-refractivity contribution in [2.75, 3.05) is 5.32 Å². The van der Waals surface area contributed by atoms with Crippen LogP contribution in [0.25, 0.3) is 0 Å². The lowest BCUT2D eigenvalue weighted by atomic mass is 10.1. The summed E-state index contributed by atoms with van der Waals surface area (Å²) in [6.07, 6.45) is 4.74. The highest BCUT2D eigenvalue weighted by molar-refractivity contribution is 5.93. The maximum Gasteiger partial charge on any atom is 0.337 e. The van der Waals surface area contributed by atoms with Crippen LogP contribution in [0, 0.1) is 0 Å². The molecule has 0 aromatic heterocycles. The van der Waals surface area contributed by atoms with Crippen LogP contribution in [-0.2, 0) is 4.79 Å². The summed E-state index contributed by atoms with van der Waals surface area (Å²) >= 11 is 0. The molecular formula is C14H15NO2. The first-order chi connectivity index (χ1) is 8.19. The van der Waals surface area contributed by atoms with Crippen molar-refractivity contribution in [1.82, 2.24) is 0 Å². The molecule has 0 aliphatic heterocycles. The monoisotopic (exact) mass is 229 g/mol. The van der Waals surface area contributed by atoms with Gasteiger partial charge in [0.05, 0.1) is 11.3 Å². The number of allylic oxidation sites excluding steroid dienone is 3. The third-order valence-corrected chi connectivity index (χ3v) is 2.15. The number of para-hydroxylation sites is 1. The second-order valence-electron chi connectivity index (χ2n) is 3.31. The third kappa shape index (κ3) is 3.65. The van der Waals surface area contributed by atoms with Crippen molar-refractivity contribution in [2.24, 2.45) is 0 Å². The van der Waals surface area contributed by atoms with Gasteiger partial charge in [-0.3, -0.25) is 0 Å². The van der Waals surface area contributed by atoms with Crippen molar-refractivity contribution in [3.05, 3.63) is 66.4 Å². The molecule has 3 heteroatoms. The summed E-state index contributed by atoms with van der Waals surface area (Å²) in [5.41, 5.74) is 1.57. The fraction of sp³-hybridized carbons (Fsp3) is 0.0714. The van der Waals surface area contributed by atoms with Crippen molar-refractivity contribution in [3.8, 4) is 0 Å². The molecular weight excluding hydrogens is 214 g/mol. The fourth-order valence-corrected chi connectivity index (χ4v) is 1.39. The quantitative estimate of drug-likeness (QED) is 0.602. The minimum atomic E-state index is -0.968. The topological polar surface area (TPSA) is 49.3 Å². The predicted molar refractivity (Wildman–Crippen MR) is 69.7 cm³/mol. The molecule has 0 aliphatic rings. The van der Waals surface area contributed by atoms with Crippen molar-refractivity contribution in [1.29, 1.82) is 0 Å². The van der Waals surface area contributed by atoms with Gasteiger partial charge in [0.25, 0.3) is 0 Å². The summed E-state index contributed by atoms with van der Waals surface area (Å²) in [5.74, 6) is -0.968. The number of benzene rings is 1. The van der Waals surface area contributed by atoms with Crippen LogP contribution in [0.15, 0.2) is 66.4 Å².